The van der Waals surface area contributed by atoms with Crippen LogP contribution in [0.15, 0.2) is 12.7 Å². The Morgan fingerprint density at radius 1 is 1.75 bits per heavy atom. The molecule has 6 heteroatoms. The van der Waals surface area contributed by atoms with E-state index in [0.717, 1.165) is 0 Å². The Balaban J connectivity index is 2.16. The van der Waals surface area contributed by atoms with Crippen molar-refractivity contribution in [1.82, 2.24) is 0 Å². The van der Waals surface area contributed by atoms with Gasteiger partial charge in [0.15, 0.2) is 0 Å². The van der Waals surface area contributed by atoms with E-state index in [-0.39, 0.29) is 19.3 Å². The Labute approximate surface area is 70.6 Å². The van der Waals surface area contributed by atoms with Crippen LogP contribution in [-0.4, -0.2) is 30.8 Å². The molecule has 0 aromatic heterocycles. The van der Waals surface area contributed by atoms with Crippen molar-refractivity contribution in [2.75, 3.05) is 19.8 Å². The molecule has 1 saturated heterocycles. The van der Waals surface area contributed by atoms with Crippen molar-refractivity contribution in [2.24, 2.45) is 0 Å². The predicted molar refractivity (Wildman–Crippen MR) is 41.7 cm³/mol. The molecule has 0 saturated carbocycles. The lowest BCUT2D eigenvalue weighted by molar-refractivity contribution is 0.150. The second kappa shape index (κ2) is 4.16. The molecule has 2 atom stereocenters. The van der Waals surface area contributed by atoms with Crippen molar-refractivity contribution < 1.29 is 23.2 Å². The first-order valence-corrected chi connectivity index (χ1v) is 4.98. The van der Waals surface area contributed by atoms with Crippen LogP contribution in [0, 0.1) is 0 Å². The van der Waals surface area contributed by atoms with E-state index in [2.05, 4.69) is 15.6 Å². The van der Waals surface area contributed by atoms with Crippen LogP contribution in [0.4, 0.5) is 0 Å². The largest absolute Gasteiger partial charge is 0.472 e. The lowest BCUT2D eigenvalue weighted by Gasteiger charge is -2.08. The van der Waals surface area contributed by atoms with E-state index in [1.807, 2.05) is 0 Å². The van der Waals surface area contributed by atoms with Gasteiger partial charge in [-0.05, 0) is 0 Å². The van der Waals surface area contributed by atoms with Gasteiger partial charge in [0.2, 0.25) is 0 Å². The van der Waals surface area contributed by atoms with Crippen molar-refractivity contribution in [3.8, 4) is 0 Å². The van der Waals surface area contributed by atoms with Crippen molar-refractivity contribution in [1.29, 1.82) is 0 Å². The normalized spacial score (nSPS) is 26.2. The topological polar surface area (TPSA) is 68.3 Å². The molecule has 12 heavy (non-hydrogen) atoms. The molecule has 1 N–H and O–H groups in total. The van der Waals surface area contributed by atoms with Crippen LogP contribution < -0.4 is 0 Å². The fourth-order valence-corrected chi connectivity index (χ4v) is 1.25. The number of hydrogen-bond acceptors (Lipinski definition) is 4. The van der Waals surface area contributed by atoms with Crippen LogP contribution in [0.25, 0.3) is 0 Å². The van der Waals surface area contributed by atoms with Crippen LogP contribution in [0.1, 0.15) is 0 Å². The molecule has 0 radical (unpaired) electrons. The van der Waals surface area contributed by atoms with Gasteiger partial charge < -0.3 is 9.63 Å². The summed E-state index contributed by atoms with van der Waals surface area (Å²) < 4.78 is 24.7. The fraction of sp³-hybridized carbons (Fsp3) is 0.667. The van der Waals surface area contributed by atoms with Gasteiger partial charge in [-0.2, -0.15) is 0 Å². The second-order valence-electron chi connectivity index (χ2n) is 2.30. The van der Waals surface area contributed by atoms with Gasteiger partial charge in [0.25, 0.3) is 0 Å². The highest BCUT2D eigenvalue weighted by Gasteiger charge is 2.28. The Morgan fingerprint density at radius 3 is 2.92 bits per heavy atom. The van der Waals surface area contributed by atoms with E-state index >= 15 is 0 Å². The number of phosphoric ester groups is 1. The van der Waals surface area contributed by atoms with Crippen molar-refractivity contribution in [2.45, 2.75) is 6.10 Å². The molecule has 1 aliphatic rings. The molecule has 70 valence electrons. The van der Waals surface area contributed by atoms with Gasteiger partial charge in [0, 0.05) is 0 Å². The monoisotopic (exact) mass is 194 g/mol. The Hall–Kier alpha value is -0.190. The zero-order valence-corrected chi connectivity index (χ0v) is 7.40. The SMILES string of the molecule is C=CCOP(=O)(O)OCC1CO1. The summed E-state index contributed by atoms with van der Waals surface area (Å²) in [5.74, 6) is 0. The maximum absolute atomic E-state index is 10.9. The number of phosphoric acid groups is 1. The third-order valence-electron chi connectivity index (χ3n) is 1.18. The Kier molecular flexibility index (Phi) is 3.43. The highest BCUT2D eigenvalue weighted by molar-refractivity contribution is 7.47. The minimum Gasteiger partial charge on any atom is -0.371 e. The molecule has 1 heterocycles. The summed E-state index contributed by atoms with van der Waals surface area (Å²) in [6, 6.07) is 0. The molecule has 1 fully saturated rings. The fourth-order valence-electron chi connectivity index (χ4n) is 0.526. The van der Waals surface area contributed by atoms with E-state index in [1.165, 1.54) is 6.08 Å². The minimum atomic E-state index is -3.87. The maximum atomic E-state index is 10.9. The highest BCUT2D eigenvalue weighted by atomic mass is 31.2. The van der Waals surface area contributed by atoms with Gasteiger partial charge in [0.05, 0.1) is 19.8 Å². The van der Waals surface area contributed by atoms with Gasteiger partial charge in [-0.15, -0.1) is 6.58 Å². The summed E-state index contributed by atoms with van der Waals surface area (Å²) >= 11 is 0. The third kappa shape index (κ3) is 3.99. The van der Waals surface area contributed by atoms with E-state index in [0.29, 0.717) is 6.61 Å². The van der Waals surface area contributed by atoms with E-state index in [9.17, 15) is 4.57 Å². The van der Waals surface area contributed by atoms with E-state index in [1.54, 1.807) is 0 Å². The first-order chi connectivity index (χ1) is 5.64. The second-order valence-corrected chi connectivity index (χ2v) is 3.76. The van der Waals surface area contributed by atoms with Gasteiger partial charge in [0.1, 0.15) is 6.10 Å². The Morgan fingerprint density at radius 2 is 2.42 bits per heavy atom. The third-order valence-corrected chi connectivity index (χ3v) is 2.13. The summed E-state index contributed by atoms with van der Waals surface area (Å²) in [7, 11) is -3.87. The molecular formula is C6H11O5P. The number of ether oxygens (including phenoxy) is 1. The average Bonchev–Trinajstić information content (AvgIpc) is 2.81. The molecule has 0 aromatic rings. The quantitative estimate of drug-likeness (QED) is 0.383. The van der Waals surface area contributed by atoms with Crippen molar-refractivity contribution >= 4 is 7.82 Å². The van der Waals surface area contributed by atoms with Crippen LogP contribution in [0.5, 0.6) is 0 Å². The molecule has 2 unspecified atom stereocenters. The summed E-state index contributed by atoms with van der Waals surface area (Å²) in [6.45, 7) is 4.02. The number of epoxide rings is 1. The summed E-state index contributed by atoms with van der Waals surface area (Å²) in [6.07, 6.45) is 1.33. The maximum Gasteiger partial charge on any atom is 0.472 e. The lowest BCUT2D eigenvalue weighted by Crippen LogP contribution is -2.01. The summed E-state index contributed by atoms with van der Waals surface area (Å²) in [5.41, 5.74) is 0. The molecular weight excluding hydrogens is 183 g/mol. The number of hydrogen-bond donors (Lipinski definition) is 1. The van der Waals surface area contributed by atoms with Crippen LogP contribution in [0.2, 0.25) is 0 Å². The van der Waals surface area contributed by atoms with E-state index < -0.39 is 7.82 Å². The van der Waals surface area contributed by atoms with Crippen LogP contribution >= 0.6 is 7.82 Å². The smallest absolute Gasteiger partial charge is 0.371 e. The van der Waals surface area contributed by atoms with Gasteiger partial charge in [-0.25, -0.2) is 4.57 Å². The molecule has 0 spiro atoms. The van der Waals surface area contributed by atoms with E-state index in [4.69, 9.17) is 9.63 Å². The van der Waals surface area contributed by atoms with Crippen molar-refractivity contribution in [3.63, 3.8) is 0 Å². The Bertz CT molecular complexity index is 200. The molecule has 1 aliphatic heterocycles. The summed E-state index contributed by atoms with van der Waals surface area (Å²) in [5, 5.41) is 0. The first-order valence-electron chi connectivity index (χ1n) is 3.48. The average molecular weight is 194 g/mol. The van der Waals surface area contributed by atoms with Gasteiger partial charge in [-0.3, -0.25) is 9.05 Å². The van der Waals surface area contributed by atoms with Gasteiger partial charge >= 0.3 is 7.82 Å². The van der Waals surface area contributed by atoms with Crippen molar-refractivity contribution in [3.05, 3.63) is 12.7 Å². The zero-order valence-electron chi connectivity index (χ0n) is 6.51. The molecule has 0 bridgehead atoms. The lowest BCUT2D eigenvalue weighted by atomic mass is 10.5. The minimum absolute atomic E-state index is 0.000693. The highest BCUT2D eigenvalue weighted by Crippen LogP contribution is 2.43. The molecule has 5 nitrogen and oxygen atoms in total. The molecule has 0 aliphatic carbocycles. The molecule has 1 rings (SSSR count). The zero-order chi connectivity index (χ0) is 9.03. The summed E-state index contributed by atoms with van der Waals surface area (Å²) in [4.78, 5) is 8.93. The molecule has 0 aromatic carbocycles. The van der Waals surface area contributed by atoms with Crippen LogP contribution in [0.3, 0.4) is 0 Å². The number of rotatable bonds is 6. The molecule has 0 amide bonds. The predicted octanol–water partition coefficient (Wildman–Crippen LogP) is 0.705. The first kappa shape index (κ1) is 9.89. The standard InChI is InChI=1S/C6H11O5P/c1-2-3-10-12(7,8)11-5-6-4-9-6/h2,6H,1,3-5H2,(H,7,8). The van der Waals surface area contributed by atoms with Gasteiger partial charge in [-0.1, -0.05) is 6.08 Å². The van der Waals surface area contributed by atoms with Crippen LogP contribution in [-0.2, 0) is 18.3 Å².